The first kappa shape index (κ1) is 23.3. The topological polar surface area (TPSA) is 21.7 Å². The lowest BCUT2D eigenvalue weighted by Gasteiger charge is -2.32. The molecular formula is C27H34NO2P. The van der Waals surface area contributed by atoms with E-state index in [1.165, 1.54) is 22.0 Å². The molecule has 3 nitrogen and oxygen atoms in total. The molecule has 0 aliphatic carbocycles. The number of hydrogen-bond acceptors (Lipinski definition) is 3. The number of nitrogens with zero attached hydrogens (tertiary/aromatic N) is 1. The smallest absolute Gasteiger partial charge is 0.124 e. The normalized spacial score (nSPS) is 13.5. The van der Waals surface area contributed by atoms with Crippen molar-refractivity contribution in [2.24, 2.45) is 0 Å². The molecule has 0 amide bonds. The fourth-order valence-electron chi connectivity index (χ4n) is 3.69. The Balaban J connectivity index is 1.95. The molecule has 0 aromatic heterocycles. The summed E-state index contributed by atoms with van der Waals surface area (Å²) < 4.78 is 11.9. The van der Waals surface area contributed by atoms with Gasteiger partial charge in [0.1, 0.15) is 18.1 Å². The Bertz CT molecular complexity index is 974. The van der Waals surface area contributed by atoms with E-state index in [2.05, 4.69) is 81.4 Å². The van der Waals surface area contributed by atoms with Crippen LogP contribution < -0.4 is 14.8 Å². The first-order valence-corrected chi connectivity index (χ1v) is 11.8. The number of rotatable bonds is 10. The third kappa shape index (κ3) is 6.09. The van der Waals surface area contributed by atoms with E-state index in [4.69, 9.17) is 9.47 Å². The molecule has 0 spiro atoms. The lowest BCUT2D eigenvalue weighted by molar-refractivity contribution is 0.299. The van der Waals surface area contributed by atoms with Crippen LogP contribution in [0.15, 0.2) is 72.8 Å². The summed E-state index contributed by atoms with van der Waals surface area (Å²) in [6.45, 7) is 6.11. The highest BCUT2D eigenvalue weighted by molar-refractivity contribution is 7.48. The monoisotopic (exact) mass is 435 g/mol. The van der Waals surface area contributed by atoms with E-state index in [1.54, 1.807) is 7.11 Å². The van der Waals surface area contributed by atoms with Crippen molar-refractivity contribution in [1.29, 1.82) is 0 Å². The van der Waals surface area contributed by atoms with Gasteiger partial charge < -0.3 is 14.4 Å². The van der Waals surface area contributed by atoms with Gasteiger partial charge in [-0.1, -0.05) is 77.0 Å². The Morgan fingerprint density at radius 3 is 2.32 bits per heavy atom. The number of methoxy groups -OCH3 is 1. The van der Waals surface area contributed by atoms with E-state index in [0.717, 1.165) is 24.5 Å². The van der Waals surface area contributed by atoms with Gasteiger partial charge in [0, 0.05) is 17.3 Å². The molecule has 0 radical (unpaired) electrons. The molecule has 0 N–H and O–H groups in total. The average molecular weight is 436 g/mol. The van der Waals surface area contributed by atoms with Gasteiger partial charge in [-0.15, -0.1) is 0 Å². The van der Waals surface area contributed by atoms with Crippen molar-refractivity contribution in [3.63, 3.8) is 0 Å². The highest BCUT2D eigenvalue weighted by Gasteiger charge is 2.30. The minimum absolute atomic E-state index is 0.0526. The largest absolute Gasteiger partial charge is 0.497 e. The van der Waals surface area contributed by atoms with Gasteiger partial charge in [-0.25, -0.2) is 0 Å². The maximum absolute atomic E-state index is 6.34. The summed E-state index contributed by atoms with van der Waals surface area (Å²) in [7, 11) is 6.59. The zero-order valence-electron chi connectivity index (χ0n) is 19.3. The van der Waals surface area contributed by atoms with Crippen LogP contribution in [-0.2, 0) is 18.3 Å². The summed E-state index contributed by atoms with van der Waals surface area (Å²) in [6, 6.07) is 25.3. The van der Waals surface area contributed by atoms with Gasteiger partial charge in [0.15, 0.2) is 0 Å². The molecule has 164 valence electrons. The first-order valence-electron chi connectivity index (χ1n) is 10.8. The minimum atomic E-state index is -0.0526. The molecular weight excluding hydrogens is 401 g/mol. The van der Waals surface area contributed by atoms with Crippen LogP contribution in [-0.4, -0.2) is 26.1 Å². The van der Waals surface area contributed by atoms with E-state index < -0.39 is 0 Å². The molecule has 31 heavy (non-hydrogen) atoms. The van der Waals surface area contributed by atoms with Crippen molar-refractivity contribution in [2.75, 3.05) is 21.2 Å². The standard InChI is InChI=1S/C27H34NO2P/c1-6-27(2,31-26-15-11-10-14-22(26)19-28(3)4)24-18-23(29-5)16-17-25(24)30-20-21-12-8-7-9-13-21/h7-18,31H,6,19-20H2,1-5H3. The quantitative estimate of drug-likeness (QED) is 0.367. The summed E-state index contributed by atoms with van der Waals surface area (Å²) in [5.74, 6) is 1.81. The summed E-state index contributed by atoms with van der Waals surface area (Å²) in [6.07, 6.45) is 1.01. The molecule has 3 aromatic carbocycles. The van der Waals surface area contributed by atoms with E-state index >= 15 is 0 Å². The minimum Gasteiger partial charge on any atom is -0.497 e. The van der Waals surface area contributed by atoms with Gasteiger partial charge in [0.25, 0.3) is 0 Å². The maximum atomic E-state index is 6.34. The SMILES string of the molecule is CCC(C)(Pc1ccccc1CN(C)C)c1cc(OC)ccc1OCc1ccccc1. The summed E-state index contributed by atoms with van der Waals surface area (Å²) >= 11 is 0. The predicted molar refractivity (Wildman–Crippen MR) is 133 cm³/mol. The van der Waals surface area contributed by atoms with E-state index in [1.807, 2.05) is 24.3 Å². The van der Waals surface area contributed by atoms with Crippen LogP contribution in [0.2, 0.25) is 0 Å². The summed E-state index contributed by atoms with van der Waals surface area (Å²) in [5.41, 5.74) is 3.77. The van der Waals surface area contributed by atoms with Crippen LogP contribution in [0.1, 0.15) is 37.0 Å². The summed E-state index contributed by atoms with van der Waals surface area (Å²) in [5, 5.41) is 1.36. The second-order valence-corrected chi connectivity index (χ2v) is 10.2. The fourth-order valence-corrected chi connectivity index (χ4v) is 5.30. The van der Waals surface area contributed by atoms with Gasteiger partial charge in [-0.3, -0.25) is 0 Å². The molecule has 2 unspecified atom stereocenters. The van der Waals surface area contributed by atoms with Crippen molar-refractivity contribution in [2.45, 2.75) is 38.6 Å². The van der Waals surface area contributed by atoms with Crippen molar-refractivity contribution in [3.05, 3.63) is 89.5 Å². The first-order chi connectivity index (χ1) is 14.9. The fraction of sp³-hybridized carbons (Fsp3) is 0.333. The Morgan fingerprint density at radius 1 is 0.935 bits per heavy atom. The molecule has 0 saturated carbocycles. The molecule has 0 bridgehead atoms. The van der Waals surface area contributed by atoms with E-state index in [9.17, 15) is 0 Å². The zero-order chi connectivity index (χ0) is 22.3. The number of benzene rings is 3. The van der Waals surface area contributed by atoms with Crippen LogP contribution >= 0.6 is 8.58 Å². The molecule has 0 aliphatic rings. The molecule has 0 heterocycles. The molecule has 3 aromatic rings. The highest BCUT2D eigenvalue weighted by Crippen LogP contribution is 2.48. The second kappa shape index (κ2) is 10.8. The van der Waals surface area contributed by atoms with Crippen molar-refractivity contribution in [1.82, 2.24) is 4.90 Å². The molecule has 0 fully saturated rings. The number of hydrogen-bond donors (Lipinski definition) is 0. The van der Waals surface area contributed by atoms with Crippen LogP contribution in [0.25, 0.3) is 0 Å². The van der Waals surface area contributed by atoms with Crippen molar-refractivity contribution in [3.8, 4) is 11.5 Å². The molecule has 0 saturated heterocycles. The average Bonchev–Trinajstić information content (AvgIpc) is 2.79. The Hall–Kier alpha value is -2.35. The van der Waals surface area contributed by atoms with Crippen LogP contribution in [0.4, 0.5) is 0 Å². The van der Waals surface area contributed by atoms with Crippen molar-refractivity contribution >= 4 is 13.9 Å². The Labute approximate surface area is 189 Å². The van der Waals surface area contributed by atoms with E-state index in [-0.39, 0.29) is 5.16 Å². The Kier molecular flexibility index (Phi) is 8.12. The molecule has 3 rings (SSSR count). The maximum Gasteiger partial charge on any atom is 0.124 e. The molecule has 0 aliphatic heterocycles. The third-order valence-corrected chi connectivity index (χ3v) is 7.57. The Morgan fingerprint density at radius 2 is 1.65 bits per heavy atom. The lowest BCUT2D eigenvalue weighted by atomic mass is 9.96. The van der Waals surface area contributed by atoms with Gasteiger partial charge in [0.05, 0.1) is 7.11 Å². The van der Waals surface area contributed by atoms with Gasteiger partial charge >= 0.3 is 0 Å². The van der Waals surface area contributed by atoms with Gasteiger partial charge in [-0.2, -0.15) is 0 Å². The third-order valence-electron chi connectivity index (χ3n) is 5.64. The second-order valence-electron chi connectivity index (χ2n) is 8.34. The predicted octanol–water partition coefficient (Wildman–Crippen LogP) is 5.97. The molecule has 4 heteroatoms. The number of ether oxygens (including phenoxy) is 2. The highest BCUT2D eigenvalue weighted by atomic mass is 31.1. The van der Waals surface area contributed by atoms with Gasteiger partial charge in [0.2, 0.25) is 0 Å². The zero-order valence-corrected chi connectivity index (χ0v) is 20.3. The van der Waals surface area contributed by atoms with Crippen molar-refractivity contribution < 1.29 is 9.47 Å². The van der Waals surface area contributed by atoms with Crippen LogP contribution in [0.3, 0.4) is 0 Å². The molecule has 2 atom stereocenters. The van der Waals surface area contributed by atoms with Crippen LogP contribution in [0, 0.1) is 0 Å². The summed E-state index contributed by atoms with van der Waals surface area (Å²) in [4.78, 5) is 2.23. The van der Waals surface area contributed by atoms with E-state index in [0.29, 0.717) is 15.2 Å². The lowest BCUT2D eigenvalue weighted by Crippen LogP contribution is -2.23. The van der Waals surface area contributed by atoms with Crippen LogP contribution in [0.5, 0.6) is 11.5 Å². The van der Waals surface area contributed by atoms with Gasteiger partial charge in [-0.05, 0) is 55.1 Å².